The quantitative estimate of drug-likeness (QED) is 0.584. The van der Waals surface area contributed by atoms with Crippen molar-refractivity contribution >= 4 is 16.1 Å². The summed E-state index contributed by atoms with van der Waals surface area (Å²) in [6, 6.07) is 0. The first-order valence-electron chi connectivity index (χ1n) is 7.13. The van der Waals surface area contributed by atoms with Crippen molar-refractivity contribution in [2.75, 3.05) is 7.11 Å². The molecule has 0 atom stereocenters. The van der Waals surface area contributed by atoms with Gasteiger partial charge < -0.3 is 4.74 Å². The summed E-state index contributed by atoms with van der Waals surface area (Å²) >= 11 is 0. The molecule has 4 rings (SSSR count). The van der Waals surface area contributed by atoms with Crippen LogP contribution in [0.4, 0.5) is 8.78 Å². The number of rotatable bonds is 4. The Labute approximate surface area is 122 Å². The molecule has 0 N–H and O–H groups in total. The minimum atomic E-state index is -5.32. The Hall–Kier alpha value is -0.760. The van der Waals surface area contributed by atoms with E-state index >= 15 is 0 Å². The van der Waals surface area contributed by atoms with E-state index in [0.29, 0.717) is 18.9 Å². The highest BCUT2D eigenvalue weighted by atomic mass is 32.2. The number of esters is 1. The van der Waals surface area contributed by atoms with E-state index in [1.165, 1.54) is 0 Å². The number of alkyl halides is 2. The maximum Gasteiger partial charge on any atom is 0.466 e. The van der Waals surface area contributed by atoms with Crippen LogP contribution in [0, 0.1) is 23.7 Å². The lowest BCUT2D eigenvalue weighted by Gasteiger charge is -2.53. The molecule has 0 saturated heterocycles. The van der Waals surface area contributed by atoms with E-state index < -0.39 is 27.4 Å². The predicted molar refractivity (Wildman–Crippen MR) is 67.8 cm³/mol. The fourth-order valence-corrected chi connectivity index (χ4v) is 5.48. The Morgan fingerprint density at radius 2 is 1.52 bits per heavy atom. The molecule has 4 aliphatic carbocycles. The maximum atomic E-state index is 13.6. The minimum Gasteiger partial charge on any atom is -0.464 e. The average Bonchev–Trinajstić information content (AvgIpc) is 2.40. The molecule has 4 aliphatic rings. The number of methoxy groups -OCH3 is 1. The fraction of sp³-hybridized carbons (Fsp3) is 0.923. The lowest BCUT2D eigenvalue weighted by Crippen LogP contribution is -2.52. The normalized spacial score (nSPS) is 38.5. The van der Waals surface area contributed by atoms with Gasteiger partial charge in [-0.15, -0.1) is 0 Å². The van der Waals surface area contributed by atoms with Gasteiger partial charge in [-0.2, -0.15) is 17.2 Å². The number of carbonyl (C=O) groups excluding carboxylic acids is 1. The first kappa shape index (κ1) is 15.1. The second-order valence-corrected chi connectivity index (χ2v) is 8.07. The summed E-state index contributed by atoms with van der Waals surface area (Å²) in [5, 5.41) is -4.66. The Balaban J connectivity index is 1.78. The van der Waals surface area contributed by atoms with Gasteiger partial charge in [0.25, 0.3) is 0 Å². The topological polar surface area (TPSA) is 69.7 Å². The van der Waals surface area contributed by atoms with Gasteiger partial charge in [-0.05, 0) is 55.8 Å². The molecule has 4 saturated carbocycles. The van der Waals surface area contributed by atoms with Crippen LogP contribution in [0.1, 0.15) is 32.1 Å². The molecular formula is C13H18F2O5S. The molecule has 5 nitrogen and oxygen atoms in total. The van der Waals surface area contributed by atoms with Crippen LogP contribution in [-0.4, -0.2) is 32.9 Å². The second kappa shape index (κ2) is 4.87. The van der Waals surface area contributed by atoms with Crippen molar-refractivity contribution in [1.29, 1.82) is 0 Å². The molecule has 4 fully saturated rings. The van der Waals surface area contributed by atoms with Crippen LogP contribution in [0.3, 0.4) is 0 Å². The lowest BCUT2D eigenvalue weighted by molar-refractivity contribution is -0.159. The van der Waals surface area contributed by atoms with Crippen LogP contribution >= 0.6 is 0 Å². The van der Waals surface area contributed by atoms with E-state index in [1.54, 1.807) is 0 Å². The number of hydrogen-bond acceptors (Lipinski definition) is 5. The van der Waals surface area contributed by atoms with Crippen LogP contribution in [0.25, 0.3) is 0 Å². The molecule has 0 radical (unpaired) electrons. The zero-order valence-electron chi connectivity index (χ0n) is 11.6. The van der Waals surface area contributed by atoms with Crippen LogP contribution < -0.4 is 0 Å². The molecule has 0 aromatic heterocycles. The highest BCUT2D eigenvalue weighted by molar-refractivity contribution is 7.88. The molecule has 0 aromatic rings. The van der Waals surface area contributed by atoms with Crippen LogP contribution in [0.2, 0.25) is 0 Å². The van der Waals surface area contributed by atoms with Gasteiger partial charge in [0.05, 0.1) is 13.2 Å². The van der Waals surface area contributed by atoms with Gasteiger partial charge in [0.1, 0.15) is 0 Å². The zero-order valence-corrected chi connectivity index (χ0v) is 12.4. The van der Waals surface area contributed by atoms with Crippen molar-refractivity contribution in [3.63, 3.8) is 0 Å². The standard InChI is InChI=1S/C13H18F2O5S/c1-19-12(16)13(14,15)21(17,18)20-11-9-3-7-2-8(5-9)6-10(11)4-7/h7-11H,2-6H2,1H3. The SMILES string of the molecule is COC(=O)C(F)(F)S(=O)(=O)OC1C2CC3CC(C2)CC1C3. The summed E-state index contributed by atoms with van der Waals surface area (Å²) in [6.45, 7) is 0. The molecule has 21 heavy (non-hydrogen) atoms. The molecule has 0 unspecified atom stereocenters. The van der Waals surface area contributed by atoms with Crippen molar-refractivity contribution in [2.24, 2.45) is 23.7 Å². The smallest absolute Gasteiger partial charge is 0.464 e. The Morgan fingerprint density at radius 3 is 1.95 bits per heavy atom. The van der Waals surface area contributed by atoms with Crippen LogP contribution in [-0.2, 0) is 23.8 Å². The molecule has 0 spiro atoms. The van der Waals surface area contributed by atoms with E-state index in [1.807, 2.05) is 0 Å². The minimum absolute atomic E-state index is 0.00414. The number of carbonyl (C=O) groups is 1. The first-order valence-corrected chi connectivity index (χ1v) is 8.54. The molecule has 120 valence electrons. The maximum absolute atomic E-state index is 13.6. The van der Waals surface area contributed by atoms with Gasteiger partial charge in [0.2, 0.25) is 0 Å². The van der Waals surface area contributed by atoms with Crippen LogP contribution in [0.15, 0.2) is 0 Å². The molecule has 4 bridgehead atoms. The number of hydrogen-bond donors (Lipinski definition) is 0. The van der Waals surface area contributed by atoms with Gasteiger partial charge in [-0.3, -0.25) is 4.18 Å². The zero-order chi connectivity index (χ0) is 15.4. The highest BCUT2D eigenvalue weighted by Crippen LogP contribution is 2.55. The molecule has 0 aliphatic heterocycles. The van der Waals surface area contributed by atoms with Gasteiger partial charge in [-0.25, -0.2) is 4.79 Å². The summed E-state index contributed by atoms with van der Waals surface area (Å²) in [7, 11) is -4.61. The summed E-state index contributed by atoms with van der Waals surface area (Å²) in [5.74, 6) is -0.965. The summed E-state index contributed by atoms with van der Waals surface area (Å²) in [4.78, 5) is 11.0. The Morgan fingerprint density at radius 1 is 1.05 bits per heavy atom. The van der Waals surface area contributed by atoms with Crippen molar-refractivity contribution in [1.82, 2.24) is 0 Å². The largest absolute Gasteiger partial charge is 0.466 e. The Bertz CT molecular complexity index is 517. The summed E-state index contributed by atoms with van der Waals surface area (Å²) < 4.78 is 59.5. The molecule has 0 aromatic carbocycles. The van der Waals surface area contributed by atoms with Gasteiger partial charge in [0, 0.05) is 0 Å². The lowest BCUT2D eigenvalue weighted by atomic mass is 9.55. The third-order valence-corrected chi connectivity index (χ3v) is 6.39. The van der Waals surface area contributed by atoms with Gasteiger partial charge in [0.15, 0.2) is 0 Å². The van der Waals surface area contributed by atoms with Crippen molar-refractivity contribution < 1.29 is 30.9 Å². The number of ether oxygens (including phenoxy) is 1. The van der Waals surface area contributed by atoms with E-state index in [0.717, 1.165) is 32.1 Å². The average molecular weight is 324 g/mol. The van der Waals surface area contributed by atoms with E-state index in [9.17, 15) is 22.0 Å². The molecule has 8 heteroatoms. The molecular weight excluding hydrogens is 306 g/mol. The summed E-state index contributed by atoms with van der Waals surface area (Å²) in [6.07, 6.45) is 3.76. The predicted octanol–water partition coefficient (Wildman–Crippen LogP) is 1.92. The van der Waals surface area contributed by atoms with Crippen molar-refractivity contribution in [2.45, 2.75) is 43.5 Å². The highest BCUT2D eigenvalue weighted by Gasteiger charge is 2.59. The third kappa shape index (κ3) is 2.36. The second-order valence-electron chi connectivity index (χ2n) is 6.45. The van der Waals surface area contributed by atoms with E-state index in [-0.39, 0.29) is 11.8 Å². The van der Waals surface area contributed by atoms with Gasteiger partial charge >= 0.3 is 21.3 Å². The fourth-order valence-electron chi connectivity index (χ4n) is 4.46. The monoisotopic (exact) mass is 324 g/mol. The third-order valence-electron chi connectivity index (χ3n) is 5.12. The van der Waals surface area contributed by atoms with Crippen molar-refractivity contribution in [3.05, 3.63) is 0 Å². The van der Waals surface area contributed by atoms with Crippen molar-refractivity contribution in [3.8, 4) is 0 Å². The molecule has 0 amide bonds. The van der Waals surface area contributed by atoms with Gasteiger partial charge in [-0.1, -0.05) is 0 Å². The van der Waals surface area contributed by atoms with Crippen LogP contribution in [0.5, 0.6) is 0 Å². The molecule has 0 heterocycles. The van der Waals surface area contributed by atoms with E-state index in [4.69, 9.17) is 4.18 Å². The Kier molecular flexibility index (Phi) is 3.52. The van der Waals surface area contributed by atoms with E-state index in [2.05, 4.69) is 4.74 Å². The first-order chi connectivity index (χ1) is 9.74. The summed E-state index contributed by atoms with van der Waals surface area (Å²) in [5.41, 5.74) is 0. The number of halogens is 2.